The van der Waals surface area contributed by atoms with Crippen molar-refractivity contribution in [3.8, 4) is 0 Å². The van der Waals surface area contributed by atoms with E-state index < -0.39 is 0 Å². The summed E-state index contributed by atoms with van der Waals surface area (Å²) in [6.07, 6.45) is 0. The molecule has 0 fully saturated rings. The summed E-state index contributed by atoms with van der Waals surface area (Å²) in [6, 6.07) is 0. The minimum absolute atomic E-state index is 0.0368. The van der Waals surface area contributed by atoms with Crippen molar-refractivity contribution in [1.82, 2.24) is 10.2 Å². The fraction of sp³-hybridized carbons (Fsp3) is 0.933. The van der Waals surface area contributed by atoms with Crippen LogP contribution in [0.2, 0.25) is 0 Å². The summed E-state index contributed by atoms with van der Waals surface area (Å²) in [5.41, 5.74) is 0. The molecule has 0 bridgehead atoms. The number of carbonyl (C=O) groups is 1. The van der Waals surface area contributed by atoms with Crippen LogP contribution in [0.1, 0.15) is 20.8 Å². The van der Waals surface area contributed by atoms with Gasteiger partial charge in [0, 0.05) is 19.7 Å². The number of nitrogens with one attached hydrogen (secondary N) is 1. The molecule has 0 spiro atoms. The SMILES string of the molecule is CCOCCOCCOCCNC(=O)CN(C)CC(C)C. The highest BCUT2D eigenvalue weighted by atomic mass is 16.5. The summed E-state index contributed by atoms with van der Waals surface area (Å²) >= 11 is 0. The summed E-state index contributed by atoms with van der Waals surface area (Å²) < 4.78 is 15.8. The number of hydrogen-bond acceptors (Lipinski definition) is 5. The molecule has 0 rings (SSSR count). The lowest BCUT2D eigenvalue weighted by Crippen LogP contribution is -2.38. The van der Waals surface area contributed by atoms with E-state index in [1.165, 1.54) is 0 Å². The predicted molar refractivity (Wildman–Crippen MR) is 83.5 cm³/mol. The van der Waals surface area contributed by atoms with Crippen molar-refractivity contribution in [2.24, 2.45) is 5.92 Å². The molecular weight excluding hydrogens is 272 g/mol. The minimum Gasteiger partial charge on any atom is -0.379 e. The van der Waals surface area contributed by atoms with Gasteiger partial charge in [-0.3, -0.25) is 9.69 Å². The Kier molecular flexibility index (Phi) is 13.8. The average molecular weight is 304 g/mol. The highest BCUT2D eigenvalue weighted by molar-refractivity contribution is 5.77. The smallest absolute Gasteiger partial charge is 0.234 e. The highest BCUT2D eigenvalue weighted by Crippen LogP contribution is 1.94. The third-order valence-electron chi connectivity index (χ3n) is 2.61. The van der Waals surface area contributed by atoms with Gasteiger partial charge in [0.05, 0.1) is 39.6 Å². The maximum Gasteiger partial charge on any atom is 0.234 e. The number of amides is 1. The second-order valence-corrected chi connectivity index (χ2v) is 5.36. The largest absolute Gasteiger partial charge is 0.379 e. The first-order chi connectivity index (χ1) is 10.1. The Morgan fingerprint density at radius 1 is 1.05 bits per heavy atom. The molecule has 0 unspecified atom stereocenters. The third-order valence-corrected chi connectivity index (χ3v) is 2.61. The Labute approximate surface area is 129 Å². The van der Waals surface area contributed by atoms with Crippen LogP contribution in [0, 0.1) is 5.92 Å². The Bertz CT molecular complexity index is 250. The molecule has 6 nitrogen and oxygen atoms in total. The van der Waals surface area contributed by atoms with Gasteiger partial charge in [0.2, 0.25) is 5.91 Å². The van der Waals surface area contributed by atoms with Crippen LogP contribution in [0.4, 0.5) is 0 Å². The van der Waals surface area contributed by atoms with Crippen molar-refractivity contribution in [3.05, 3.63) is 0 Å². The fourth-order valence-electron chi connectivity index (χ4n) is 1.84. The molecule has 0 saturated carbocycles. The minimum atomic E-state index is 0.0368. The molecule has 0 radical (unpaired) electrons. The van der Waals surface area contributed by atoms with Crippen LogP contribution in [-0.2, 0) is 19.0 Å². The lowest BCUT2D eigenvalue weighted by Gasteiger charge is -2.18. The highest BCUT2D eigenvalue weighted by Gasteiger charge is 2.07. The molecule has 0 aromatic rings. The van der Waals surface area contributed by atoms with Gasteiger partial charge in [-0.05, 0) is 19.9 Å². The molecule has 0 aromatic heterocycles. The van der Waals surface area contributed by atoms with Gasteiger partial charge in [0.25, 0.3) is 0 Å². The van der Waals surface area contributed by atoms with E-state index in [1.54, 1.807) is 0 Å². The van der Waals surface area contributed by atoms with Gasteiger partial charge in [0.15, 0.2) is 0 Å². The third kappa shape index (κ3) is 15.5. The summed E-state index contributed by atoms with van der Waals surface area (Å²) in [4.78, 5) is 13.6. The lowest BCUT2D eigenvalue weighted by atomic mass is 10.2. The zero-order chi connectivity index (χ0) is 15.9. The van der Waals surface area contributed by atoms with Gasteiger partial charge in [-0.2, -0.15) is 0 Å². The van der Waals surface area contributed by atoms with Crippen LogP contribution in [-0.4, -0.2) is 77.1 Å². The zero-order valence-corrected chi connectivity index (χ0v) is 14.0. The molecule has 0 heterocycles. The van der Waals surface area contributed by atoms with E-state index in [0.717, 1.165) is 6.54 Å². The van der Waals surface area contributed by atoms with Gasteiger partial charge in [-0.15, -0.1) is 0 Å². The Morgan fingerprint density at radius 3 is 2.19 bits per heavy atom. The van der Waals surface area contributed by atoms with Gasteiger partial charge < -0.3 is 19.5 Å². The van der Waals surface area contributed by atoms with E-state index in [0.29, 0.717) is 58.6 Å². The summed E-state index contributed by atoms with van der Waals surface area (Å²) in [7, 11) is 1.95. The molecule has 0 aliphatic carbocycles. The van der Waals surface area contributed by atoms with Crippen LogP contribution in [0.3, 0.4) is 0 Å². The molecule has 6 heteroatoms. The number of rotatable bonds is 14. The Morgan fingerprint density at radius 2 is 1.62 bits per heavy atom. The molecular formula is C15H32N2O4. The van der Waals surface area contributed by atoms with Crippen LogP contribution in [0.25, 0.3) is 0 Å². The summed E-state index contributed by atoms with van der Waals surface area (Å²) in [6.45, 7) is 11.6. The number of ether oxygens (including phenoxy) is 3. The molecule has 0 saturated heterocycles. The second-order valence-electron chi connectivity index (χ2n) is 5.36. The van der Waals surface area contributed by atoms with E-state index in [1.807, 2.05) is 18.9 Å². The Hall–Kier alpha value is -0.690. The maximum absolute atomic E-state index is 11.6. The molecule has 0 aliphatic rings. The standard InChI is InChI=1S/C15H32N2O4/c1-5-19-8-9-21-11-10-20-7-6-16-15(18)13-17(4)12-14(2)3/h14H,5-13H2,1-4H3,(H,16,18). The average Bonchev–Trinajstić information content (AvgIpc) is 2.39. The van der Waals surface area contributed by atoms with Crippen LogP contribution in [0.15, 0.2) is 0 Å². The van der Waals surface area contributed by atoms with Crippen molar-refractivity contribution in [2.45, 2.75) is 20.8 Å². The molecule has 126 valence electrons. The molecule has 0 aromatic carbocycles. The molecule has 21 heavy (non-hydrogen) atoms. The van der Waals surface area contributed by atoms with Crippen molar-refractivity contribution in [1.29, 1.82) is 0 Å². The first kappa shape index (κ1) is 20.3. The topological polar surface area (TPSA) is 60.0 Å². The molecule has 1 N–H and O–H groups in total. The normalized spacial score (nSPS) is 11.3. The number of hydrogen-bond donors (Lipinski definition) is 1. The van der Waals surface area contributed by atoms with E-state index in [2.05, 4.69) is 19.2 Å². The lowest BCUT2D eigenvalue weighted by molar-refractivity contribution is -0.122. The Balaban J connectivity index is 3.29. The van der Waals surface area contributed by atoms with Crippen molar-refractivity contribution >= 4 is 5.91 Å². The van der Waals surface area contributed by atoms with Gasteiger partial charge in [-0.25, -0.2) is 0 Å². The van der Waals surface area contributed by atoms with E-state index in [-0.39, 0.29) is 5.91 Å². The summed E-state index contributed by atoms with van der Waals surface area (Å²) in [5.74, 6) is 0.601. The number of carbonyl (C=O) groups excluding carboxylic acids is 1. The fourth-order valence-corrected chi connectivity index (χ4v) is 1.84. The first-order valence-corrected chi connectivity index (χ1v) is 7.74. The monoisotopic (exact) mass is 304 g/mol. The van der Waals surface area contributed by atoms with Gasteiger partial charge in [0.1, 0.15) is 0 Å². The van der Waals surface area contributed by atoms with E-state index >= 15 is 0 Å². The van der Waals surface area contributed by atoms with Crippen LogP contribution >= 0.6 is 0 Å². The summed E-state index contributed by atoms with van der Waals surface area (Å²) in [5, 5.41) is 2.84. The number of nitrogens with zero attached hydrogens (tertiary/aromatic N) is 1. The van der Waals surface area contributed by atoms with Crippen molar-refractivity contribution in [3.63, 3.8) is 0 Å². The van der Waals surface area contributed by atoms with Crippen LogP contribution < -0.4 is 5.32 Å². The second kappa shape index (κ2) is 14.3. The van der Waals surface area contributed by atoms with E-state index in [9.17, 15) is 4.79 Å². The van der Waals surface area contributed by atoms with E-state index in [4.69, 9.17) is 14.2 Å². The molecule has 1 amide bonds. The predicted octanol–water partition coefficient (Wildman–Crippen LogP) is 0.760. The molecule has 0 aliphatic heterocycles. The zero-order valence-electron chi connectivity index (χ0n) is 14.0. The maximum atomic E-state index is 11.6. The molecule has 0 atom stereocenters. The number of likely N-dealkylation sites (N-methyl/N-ethyl adjacent to an activating group) is 1. The van der Waals surface area contributed by atoms with Gasteiger partial charge in [-0.1, -0.05) is 13.8 Å². The van der Waals surface area contributed by atoms with Crippen molar-refractivity contribution < 1.29 is 19.0 Å². The quantitative estimate of drug-likeness (QED) is 0.480. The van der Waals surface area contributed by atoms with Gasteiger partial charge >= 0.3 is 0 Å². The van der Waals surface area contributed by atoms with Crippen LogP contribution in [0.5, 0.6) is 0 Å². The van der Waals surface area contributed by atoms with Crippen molar-refractivity contribution in [2.75, 3.05) is 66.3 Å². The first-order valence-electron chi connectivity index (χ1n) is 7.74.